The summed E-state index contributed by atoms with van der Waals surface area (Å²) in [6.45, 7) is 0.389. The normalized spacial score (nSPS) is 10.6. The number of nitrogens with one attached hydrogen (secondary N) is 1. The van der Waals surface area contributed by atoms with Crippen LogP contribution in [0, 0.1) is 0 Å². The number of nitrogens with zero attached hydrogens (tertiary/aromatic N) is 1. The fourth-order valence-electron chi connectivity index (χ4n) is 1.27. The zero-order chi connectivity index (χ0) is 9.97. The Morgan fingerprint density at radius 3 is 3.21 bits per heavy atom. The molecule has 0 saturated heterocycles. The molecule has 0 spiro atoms. The molecule has 4 heteroatoms. The van der Waals surface area contributed by atoms with E-state index in [1.165, 1.54) is 11.3 Å². The highest BCUT2D eigenvalue weighted by molar-refractivity contribution is 7.20. The summed E-state index contributed by atoms with van der Waals surface area (Å²) in [6, 6.07) is 3.84. The Kier molecular flexibility index (Phi) is 2.56. The van der Waals surface area contributed by atoms with Crippen LogP contribution in [-0.4, -0.2) is 24.4 Å². The van der Waals surface area contributed by atoms with Gasteiger partial charge >= 0.3 is 0 Å². The van der Waals surface area contributed by atoms with Crippen molar-refractivity contribution in [3.05, 3.63) is 29.4 Å². The monoisotopic (exact) mass is 206 g/mol. The van der Waals surface area contributed by atoms with E-state index in [0.29, 0.717) is 6.54 Å². The Balaban J connectivity index is 2.40. The maximum absolute atomic E-state index is 11.5. The molecule has 0 fully saturated rings. The average Bonchev–Trinajstić information content (AvgIpc) is 2.61. The van der Waals surface area contributed by atoms with Gasteiger partial charge in [-0.1, -0.05) is 0 Å². The number of carbonyl (C=O) groups is 1. The highest BCUT2D eigenvalue weighted by atomic mass is 32.1. The van der Waals surface area contributed by atoms with Crippen molar-refractivity contribution >= 4 is 27.2 Å². The largest absolute Gasteiger partial charge is 0.313 e. The number of thiophene rings is 1. The van der Waals surface area contributed by atoms with E-state index in [4.69, 9.17) is 0 Å². The molecule has 2 aromatic rings. The lowest BCUT2D eigenvalue weighted by Gasteiger charge is -1.93. The average molecular weight is 206 g/mol. The van der Waals surface area contributed by atoms with Gasteiger partial charge in [-0.2, -0.15) is 0 Å². The zero-order valence-electron chi connectivity index (χ0n) is 7.78. The van der Waals surface area contributed by atoms with Crippen LogP contribution in [0.25, 0.3) is 10.1 Å². The minimum absolute atomic E-state index is 0.133. The molecule has 0 aromatic carbocycles. The third-order valence-electron chi connectivity index (χ3n) is 1.94. The van der Waals surface area contributed by atoms with Crippen LogP contribution in [0.5, 0.6) is 0 Å². The fraction of sp³-hybridized carbons (Fsp3) is 0.200. The molecule has 0 atom stereocenters. The van der Waals surface area contributed by atoms with Crippen LogP contribution < -0.4 is 5.32 Å². The van der Waals surface area contributed by atoms with Gasteiger partial charge in [-0.3, -0.25) is 9.78 Å². The van der Waals surface area contributed by atoms with E-state index in [-0.39, 0.29) is 5.78 Å². The third kappa shape index (κ3) is 1.66. The van der Waals surface area contributed by atoms with E-state index in [9.17, 15) is 4.79 Å². The van der Waals surface area contributed by atoms with Crippen LogP contribution >= 0.6 is 11.3 Å². The van der Waals surface area contributed by atoms with Crippen LogP contribution in [0.3, 0.4) is 0 Å². The molecular weight excluding hydrogens is 196 g/mol. The number of fused-ring (bicyclic) bond motifs is 1. The molecule has 1 N–H and O–H groups in total. The van der Waals surface area contributed by atoms with Gasteiger partial charge < -0.3 is 5.32 Å². The molecule has 2 heterocycles. The summed E-state index contributed by atoms with van der Waals surface area (Å²) < 4.78 is 1.06. The molecule has 0 radical (unpaired) electrons. The van der Waals surface area contributed by atoms with Crippen LogP contribution in [-0.2, 0) is 0 Å². The van der Waals surface area contributed by atoms with Crippen LogP contribution in [0.2, 0.25) is 0 Å². The first-order valence-electron chi connectivity index (χ1n) is 4.32. The standard InChI is InChI=1S/C10H10N2OS/c1-11-5-8(13)9-4-7-2-3-12-6-10(7)14-9/h2-4,6,11H,5H2,1H3. The Labute approximate surface area is 85.8 Å². The lowest BCUT2D eigenvalue weighted by Crippen LogP contribution is -2.17. The van der Waals surface area contributed by atoms with Crippen LogP contribution in [0.15, 0.2) is 24.5 Å². The van der Waals surface area contributed by atoms with Gasteiger partial charge in [0.2, 0.25) is 0 Å². The van der Waals surface area contributed by atoms with Gasteiger partial charge in [-0.25, -0.2) is 0 Å². The maximum atomic E-state index is 11.5. The van der Waals surface area contributed by atoms with Crippen molar-refractivity contribution in [2.75, 3.05) is 13.6 Å². The van der Waals surface area contributed by atoms with E-state index in [1.54, 1.807) is 19.4 Å². The fourth-order valence-corrected chi connectivity index (χ4v) is 2.24. The number of hydrogen-bond acceptors (Lipinski definition) is 4. The van der Waals surface area contributed by atoms with E-state index in [0.717, 1.165) is 15.0 Å². The van der Waals surface area contributed by atoms with Gasteiger partial charge in [-0.15, -0.1) is 11.3 Å². The zero-order valence-corrected chi connectivity index (χ0v) is 8.60. The van der Waals surface area contributed by atoms with Gasteiger partial charge in [0.1, 0.15) is 0 Å². The second-order valence-corrected chi connectivity index (χ2v) is 4.06. The van der Waals surface area contributed by atoms with E-state index >= 15 is 0 Å². The van der Waals surface area contributed by atoms with Crippen molar-refractivity contribution in [1.82, 2.24) is 10.3 Å². The Hall–Kier alpha value is -1.26. The number of ketones is 1. The Morgan fingerprint density at radius 1 is 1.64 bits per heavy atom. The van der Waals surface area contributed by atoms with E-state index < -0.39 is 0 Å². The summed E-state index contributed by atoms with van der Waals surface area (Å²) in [7, 11) is 1.77. The Morgan fingerprint density at radius 2 is 2.50 bits per heavy atom. The van der Waals surface area contributed by atoms with E-state index in [1.807, 2.05) is 12.1 Å². The van der Waals surface area contributed by atoms with Gasteiger partial charge in [0.05, 0.1) is 16.1 Å². The summed E-state index contributed by atoms with van der Waals surface area (Å²) in [5.41, 5.74) is 0. The number of pyridine rings is 1. The summed E-state index contributed by atoms with van der Waals surface area (Å²) in [5.74, 6) is 0.133. The van der Waals surface area contributed by atoms with Gasteiger partial charge in [0.15, 0.2) is 5.78 Å². The lowest BCUT2D eigenvalue weighted by molar-refractivity contribution is 0.0997. The molecule has 72 valence electrons. The van der Waals surface area contributed by atoms with E-state index in [2.05, 4.69) is 10.3 Å². The maximum Gasteiger partial charge on any atom is 0.186 e. The van der Waals surface area contributed by atoms with Crippen molar-refractivity contribution < 1.29 is 4.79 Å². The van der Waals surface area contributed by atoms with Crippen LogP contribution in [0.4, 0.5) is 0 Å². The highest BCUT2D eigenvalue weighted by Gasteiger charge is 2.08. The third-order valence-corrected chi connectivity index (χ3v) is 3.06. The van der Waals surface area contributed by atoms with Crippen LogP contribution in [0.1, 0.15) is 9.67 Å². The second kappa shape index (κ2) is 3.86. The second-order valence-electron chi connectivity index (χ2n) is 2.98. The molecule has 0 aliphatic carbocycles. The molecular formula is C10H10N2OS. The lowest BCUT2D eigenvalue weighted by atomic mass is 10.2. The summed E-state index contributed by atoms with van der Waals surface area (Å²) >= 11 is 1.49. The number of rotatable bonds is 3. The first kappa shape index (κ1) is 9.30. The Bertz CT molecular complexity index is 431. The summed E-state index contributed by atoms with van der Waals surface area (Å²) in [6.07, 6.45) is 3.53. The first-order chi connectivity index (χ1) is 6.81. The number of carbonyl (C=O) groups excluding carboxylic acids is 1. The molecule has 0 bridgehead atoms. The van der Waals surface area contributed by atoms with Gasteiger partial charge in [0, 0.05) is 12.4 Å². The molecule has 2 aromatic heterocycles. The summed E-state index contributed by atoms with van der Waals surface area (Å²) in [4.78, 5) is 16.4. The van der Waals surface area contributed by atoms with Crippen molar-refractivity contribution in [2.24, 2.45) is 0 Å². The SMILES string of the molecule is CNCC(=O)c1cc2ccncc2s1. The topological polar surface area (TPSA) is 42.0 Å². The van der Waals surface area contributed by atoms with Crippen molar-refractivity contribution in [3.63, 3.8) is 0 Å². The molecule has 0 aliphatic heterocycles. The predicted octanol–water partition coefficient (Wildman–Crippen LogP) is 1.70. The molecule has 0 unspecified atom stereocenters. The van der Waals surface area contributed by atoms with Crippen molar-refractivity contribution in [2.45, 2.75) is 0 Å². The smallest absolute Gasteiger partial charge is 0.186 e. The first-order valence-corrected chi connectivity index (χ1v) is 5.14. The number of aromatic nitrogens is 1. The van der Waals surface area contributed by atoms with Gasteiger partial charge in [0.25, 0.3) is 0 Å². The predicted molar refractivity (Wildman–Crippen MR) is 57.9 cm³/mol. The minimum atomic E-state index is 0.133. The molecule has 14 heavy (non-hydrogen) atoms. The quantitative estimate of drug-likeness (QED) is 0.777. The molecule has 2 rings (SSSR count). The van der Waals surface area contributed by atoms with Gasteiger partial charge in [-0.05, 0) is 24.6 Å². The molecule has 3 nitrogen and oxygen atoms in total. The number of likely N-dealkylation sites (N-methyl/N-ethyl adjacent to an activating group) is 1. The number of hydrogen-bond donors (Lipinski definition) is 1. The molecule has 0 saturated carbocycles. The highest BCUT2D eigenvalue weighted by Crippen LogP contribution is 2.24. The molecule has 0 amide bonds. The van der Waals surface area contributed by atoms with Crippen molar-refractivity contribution in [3.8, 4) is 0 Å². The van der Waals surface area contributed by atoms with Crippen molar-refractivity contribution in [1.29, 1.82) is 0 Å². The number of Topliss-reactive ketones (excluding diaryl/α,β-unsaturated/α-hetero) is 1. The summed E-state index contributed by atoms with van der Waals surface area (Å²) in [5, 5.41) is 3.94. The minimum Gasteiger partial charge on any atom is -0.313 e. The molecule has 0 aliphatic rings.